The molecule has 184 valence electrons. The van der Waals surface area contributed by atoms with Crippen LogP contribution in [0.2, 0.25) is 5.28 Å². The molecule has 2 atom stereocenters. The summed E-state index contributed by atoms with van der Waals surface area (Å²) in [6, 6.07) is 11.4. The van der Waals surface area contributed by atoms with E-state index < -0.39 is 0 Å². The number of halogens is 2. The van der Waals surface area contributed by atoms with Gasteiger partial charge in [0.05, 0.1) is 0 Å². The van der Waals surface area contributed by atoms with Crippen molar-refractivity contribution < 1.29 is 4.39 Å². The van der Waals surface area contributed by atoms with Crippen LogP contribution < -0.4 is 10.6 Å². The third kappa shape index (κ3) is 6.09. The van der Waals surface area contributed by atoms with Gasteiger partial charge in [-0.3, -0.25) is 0 Å². The van der Waals surface area contributed by atoms with Crippen LogP contribution in [0.4, 0.5) is 4.39 Å². The van der Waals surface area contributed by atoms with E-state index in [1.807, 2.05) is 18.3 Å². The zero-order chi connectivity index (χ0) is 24.0. The van der Waals surface area contributed by atoms with E-state index in [4.69, 9.17) is 11.6 Å². The van der Waals surface area contributed by atoms with E-state index >= 15 is 0 Å². The first-order valence-electron chi connectivity index (χ1n) is 12.4. The van der Waals surface area contributed by atoms with Gasteiger partial charge in [-0.2, -0.15) is 4.98 Å². The minimum absolute atomic E-state index is 0.176. The molecule has 3 heterocycles. The second kappa shape index (κ2) is 11.6. The van der Waals surface area contributed by atoms with Crippen LogP contribution in [0.3, 0.4) is 0 Å². The average molecular weight is 512 g/mol. The number of benzene rings is 1. The zero-order valence-electron chi connectivity index (χ0n) is 19.7. The molecule has 8 heteroatoms. The number of hydrogen-bond donors (Lipinski definition) is 2. The maximum atomic E-state index is 13.0. The fraction of sp³-hybridized carbons (Fsp3) is 0.407. The summed E-state index contributed by atoms with van der Waals surface area (Å²) >= 11 is 7.91. The predicted molar refractivity (Wildman–Crippen MR) is 143 cm³/mol. The number of hydrogen-bond acceptors (Lipinski definition) is 5. The van der Waals surface area contributed by atoms with Crippen molar-refractivity contribution in [1.82, 2.24) is 25.2 Å². The van der Waals surface area contributed by atoms with Crippen LogP contribution in [0, 0.1) is 11.7 Å². The van der Waals surface area contributed by atoms with Crippen molar-refractivity contribution in [1.29, 1.82) is 0 Å². The molecule has 1 fully saturated rings. The first kappa shape index (κ1) is 24.4. The molecule has 0 aliphatic heterocycles. The van der Waals surface area contributed by atoms with E-state index in [2.05, 4.69) is 48.9 Å². The number of thiophene rings is 1. The predicted octanol–water partition coefficient (Wildman–Crippen LogP) is 6.11. The normalized spacial score (nSPS) is 18.0. The second-order valence-electron chi connectivity index (χ2n) is 9.32. The highest BCUT2D eigenvalue weighted by molar-refractivity contribution is 7.13. The molecule has 2 N–H and O–H groups in total. The van der Waals surface area contributed by atoms with Crippen molar-refractivity contribution in [2.45, 2.75) is 38.1 Å². The Hall–Kier alpha value is -2.32. The molecule has 1 aliphatic carbocycles. The van der Waals surface area contributed by atoms with E-state index in [1.165, 1.54) is 34.6 Å². The van der Waals surface area contributed by atoms with Crippen molar-refractivity contribution in [2.75, 3.05) is 26.2 Å². The van der Waals surface area contributed by atoms with Gasteiger partial charge in [0.25, 0.3) is 0 Å². The first-order valence-corrected chi connectivity index (χ1v) is 13.7. The van der Waals surface area contributed by atoms with Crippen LogP contribution in [0.5, 0.6) is 0 Å². The summed E-state index contributed by atoms with van der Waals surface area (Å²) in [7, 11) is 0. The minimum Gasteiger partial charge on any atom is -0.329 e. The molecule has 0 amide bonds. The molecule has 0 bridgehead atoms. The zero-order valence-corrected chi connectivity index (χ0v) is 21.3. The summed E-state index contributed by atoms with van der Waals surface area (Å²) in [4.78, 5) is 10.1. The van der Waals surface area contributed by atoms with Crippen molar-refractivity contribution in [3.05, 3.63) is 70.8 Å². The highest BCUT2D eigenvalue weighted by Crippen LogP contribution is 2.40. The first-order chi connectivity index (χ1) is 17.2. The van der Waals surface area contributed by atoms with Crippen molar-refractivity contribution in [2.24, 2.45) is 5.92 Å². The molecule has 1 aromatic carbocycles. The van der Waals surface area contributed by atoms with Crippen molar-refractivity contribution >= 4 is 34.0 Å². The SMILES string of the molecule is Fc1ccc(CCNCCCNCC2CCC(n3cc(-c4cccs4)c4cnc(Cl)nc43)C2)cc1. The van der Waals surface area contributed by atoms with Gasteiger partial charge in [0, 0.05) is 34.3 Å². The molecule has 1 aliphatic rings. The van der Waals surface area contributed by atoms with Crippen LogP contribution in [0.1, 0.15) is 37.3 Å². The highest BCUT2D eigenvalue weighted by atomic mass is 35.5. The average Bonchev–Trinajstić information content (AvgIpc) is 3.61. The van der Waals surface area contributed by atoms with Gasteiger partial charge in [0.15, 0.2) is 0 Å². The molecule has 0 saturated heterocycles. The monoisotopic (exact) mass is 511 g/mol. The Bertz CT molecular complexity index is 1220. The summed E-state index contributed by atoms with van der Waals surface area (Å²) < 4.78 is 15.3. The van der Waals surface area contributed by atoms with Gasteiger partial charge >= 0.3 is 0 Å². The van der Waals surface area contributed by atoms with Gasteiger partial charge in [-0.25, -0.2) is 9.37 Å². The van der Waals surface area contributed by atoms with Gasteiger partial charge in [0.1, 0.15) is 11.5 Å². The molecule has 0 radical (unpaired) electrons. The van der Waals surface area contributed by atoms with Gasteiger partial charge < -0.3 is 15.2 Å². The Labute approximate surface area is 214 Å². The molecular formula is C27H31ClFN5S. The lowest BCUT2D eigenvalue weighted by atomic mass is 10.1. The molecule has 5 rings (SSSR count). The van der Waals surface area contributed by atoms with Crippen LogP contribution in [-0.4, -0.2) is 40.7 Å². The van der Waals surface area contributed by atoms with Crippen LogP contribution in [0.15, 0.2) is 54.2 Å². The summed E-state index contributed by atoms with van der Waals surface area (Å²) in [5.41, 5.74) is 3.30. The summed E-state index contributed by atoms with van der Waals surface area (Å²) in [5.74, 6) is 0.496. The van der Waals surface area contributed by atoms with E-state index in [0.29, 0.717) is 17.2 Å². The molecule has 3 aromatic heterocycles. The molecular weight excluding hydrogens is 481 g/mol. The van der Waals surface area contributed by atoms with Crippen LogP contribution >= 0.6 is 22.9 Å². The maximum Gasteiger partial charge on any atom is 0.224 e. The van der Waals surface area contributed by atoms with E-state index in [1.54, 1.807) is 11.3 Å². The van der Waals surface area contributed by atoms with E-state index in [0.717, 1.165) is 62.9 Å². The highest BCUT2D eigenvalue weighted by Gasteiger charge is 2.28. The van der Waals surface area contributed by atoms with Crippen molar-refractivity contribution in [3.8, 4) is 10.4 Å². The Balaban J connectivity index is 1.06. The Kier molecular flexibility index (Phi) is 8.09. The lowest BCUT2D eigenvalue weighted by Gasteiger charge is -2.15. The number of nitrogens with zero attached hydrogens (tertiary/aromatic N) is 3. The Morgan fingerprint density at radius 1 is 1.09 bits per heavy atom. The largest absolute Gasteiger partial charge is 0.329 e. The Morgan fingerprint density at radius 2 is 1.94 bits per heavy atom. The number of rotatable bonds is 11. The van der Waals surface area contributed by atoms with Crippen LogP contribution in [-0.2, 0) is 6.42 Å². The fourth-order valence-electron chi connectivity index (χ4n) is 5.06. The third-order valence-electron chi connectivity index (χ3n) is 6.88. The maximum absolute atomic E-state index is 13.0. The lowest BCUT2D eigenvalue weighted by molar-refractivity contribution is 0.452. The molecule has 1 saturated carbocycles. The van der Waals surface area contributed by atoms with Crippen molar-refractivity contribution in [3.63, 3.8) is 0 Å². The standard InChI is InChI=1S/C27H31ClFN5S/c28-27-32-17-23-24(25-3-1-14-35-25)18-34(26(23)33-27)22-9-6-20(15-22)16-31-12-2-11-30-13-10-19-4-7-21(29)8-5-19/h1,3-5,7-8,14,17-18,20,22,30-31H,2,6,9-13,15-16H2. The minimum atomic E-state index is -0.176. The summed E-state index contributed by atoms with van der Waals surface area (Å²) in [6.07, 6.45) is 9.67. The number of nitrogens with one attached hydrogen (secondary N) is 2. The number of aromatic nitrogens is 3. The van der Waals surface area contributed by atoms with E-state index in [-0.39, 0.29) is 5.82 Å². The molecule has 4 aromatic rings. The van der Waals surface area contributed by atoms with E-state index in [9.17, 15) is 4.39 Å². The van der Waals surface area contributed by atoms with Gasteiger partial charge in [-0.1, -0.05) is 18.2 Å². The smallest absolute Gasteiger partial charge is 0.224 e. The van der Waals surface area contributed by atoms with Gasteiger partial charge in [0.2, 0.25) is 5.28 Å². The summed E-state index contributed by atoms with van der Waals surface area (Å²) in [5, 5.41) is 10.6. The molecule has 5 nitrogen and oxygen atoms in total. The Morgan fingerprint density at radius 3 is 2.77 bits per heavy atom. The van der Waals surface area contributed by atoms with Gasteiger partial charge in [-0.05, 0) is 105 Å². The second-order valence-corrected chi connectivity index (χ2v) is 10.6. The third-order valence-corrected chi connectivity index (χ3v) is 7.96. The summed E-state index contributed by atoms with van der Waals surface area (Å²) in [6.45, 7) is 3.98. The number of fused-ring (bicyclic) bond motifs is 1. The molecule has 2 unspecified atom stereocenters. The lowest BCUT2D eigenvalue weighted by Crippen LogP contribution is -2.26. The molecule has 35 heavy (non-hydrogen) atoms. The quantitative estimate of drug-likeness (QED) is 0.188. The topological polar surface area (TPSA) is 54.8 Å². The van der Waals surface area contributed by atoms with Gasteiger partial charge in [-0.15, -0.1) is 11.3 Å². The molecule has 0 spiro atoms. The van der Waals surface area contributed by atoms with Crippen LogP contribution in [0.25, 0.3) is 21.5 Å². The fourth-order valence-corrected chi connectivity index (χ4v) is 5.93.